The first-order chi connectivity index (χ1) is 9.04. The first-order valence-corrected chi connectivity index (χ1v) is 6.79. The second-order valence-corrected chi connectivity index (χ2v) is 5.11. The minimum Gasteiger partial charge on any atom is -0.481 e. The van der Waals surface area contributed by atoms with Crippen molar-refractivity contribution in [3.8, 4) is 0 Å². The first kappa shape index (κ1) is 15.9. The smallest absolute Gasteiger partial charge is 0.303 e. The van der Waals surface area contributed by atoms with Crippen molar-refractivity contribution in [2.75, 3.05) is 26.8 Å². The number of nitrogens with zero attached hydrogens (tertiary/aromatic N) is 1. The van der Waals surface area contributed by atoms with E-state index in [4.69, 9.17) is 15.6 Å². The Labute approximate surface area is 113 Å². The molecular formula is C13H24N2O4. The summed E-state index contributed by atoms with van der Waals surface area (Å²) in [6, 6.07) is -0.464. The lowest BCUT2D eigenvalue weighted by molar-refractivity contribution is -0.137. The summed E-state index contributed by atoms with van der Waals surface area (Å²) in [5, 5.41) is 8.65. The maximum atomic E-state index is 12.1. The molecule has 0 saturated carbocycles. The minimum absolute atomic E-state index is 0.0195. The van der Waals surface area contributed by atoms with E-state index in [9.17, 15) is 9.59 Å². The van der Waals surface area contributed by atoms with Crippen molar-refractivity contribution >= 4 is 11.9 Å². The summed E-state index contributed by atoms with van der Waals surface area (Å²) in [5.74, 6) is -0.499. The molecule has 0 aliphatic carbocycles. The van der Waals surface area contributed by atoms with Crippen LogP contribution < -0.4 is 5.73 Å². The van der Waals surface area contributed by atoms with Crippen molar-refractivity contribution in [2.45, 2.75) is 38.1 Å². The molecule has 2 unspecified atom stereocenters. The van der Waals surface area contributed by atoms with Crippen LogP contribution in [0.15, 0.2) is 0 Å². The third-order valence-corrected chi connectivity index (χ3v) is 3.54. The first-order valence-electron chi connectivity index (χ1n) is 6.79. The molecule has 0 radical (unpaired) electrons. The van der Waals surface area contributed by atoms with Crippen molar-refractivity contribution < 1.29 is 19.4 Å². The van der Waals surface area contributed by atoms with Crippen LogP contribution in [-0.2, 0) is 14.3 Å². The largest absolute Gasteiger partial charge is 0.481 e. The molecule has 110 valence electrons. The number of likely N-dealkylation sites (tertiary alicyclic amines) is 1. The average molecular weight is 272 g/mol. The van der Waals surface area contributed by atoms with Crippen LogP contribution in [0.4, 0.5) is 0 Å². The van der Waals surface area contributed by atoms with Gasteiger partial charge in [-0.3, -0.25) is 9.59 Å². The molecule has 0 aromatic heterocycles. The second-order valence-electron chi connectivity index (χ2n) is 5.11. The summed E-state index contributed by atoms with van der Waals surface area (Å²) in [7, 11) is 1.63. The summed E-state index contributed by atoms with van der Waals surface area (Å²) >= 11 is 0. The third-order valence-electron chi connectivity index (χ3n) is 3.54. The van der Waals surface area contributed by atoms with E-state index in [-0.39, 0.29) is 12.3 Å². The lowest BCUT2D eigenvalue weighted by Gasteiger charge is -2.20. The van der Waals surface area contributed by atoms with Gasteiger partial charge in [-0.05, 0) is 31.6 Å². The van der Waals surface area contributed by atoms with Gasteiger partial charge in [-0.15, -0.1) is 0 Å². The zero-order chi connectivity index (χ0) is 14.3. The van der Waals surface area contributed by atoms with Crippen LogP contribution in [0.1, 0.15) is 32.1 Å². The van der Waals surface area contributed by atoms with Gasteiger partial charge in [-0.25, -0.2) is 0 Å². The fourth-order valence-corrected chi connectivity index (χ4v) is 2.40. The maximum Gasteiger partial charge on any atom is 0.303 e. The predicted molar refractivity (Wildman–Crippen MR) is 70.6 cm³/mol. The lowest BCUT2D eigenvalue weighted by atomic mass is 10.0. The molecule has 0 aromatic carbocycles. The fourth-order valence-electron chi connectivity index (χ4n) is 2.40. The number of amides is 1. The van der Waals surface area contributed by atoms with E-state index in [1.54, 1.807) is 12.0 Å². The SMILES string of the molecule is COCCCC(N)C(=O)N1CCC(CCC(=O)O)C1. The van der Waals surface area contributed by atoms with Gasteiger partial charge in [0.1, 0.15) is 0 Å². The average Bonchev–Trinajstić information content (AvgIpc) is 2.84. The number of methoxy groups -OCH3 is 1. The van der Waals surface area contributed by atoms with Gasteiger partial charge < -0.3 is 20.5 Å². The fraction of sp³-hybridized carbons (Fsp3) is 0.846. The Hall–Kier alpha value is -1.14. The van der Waals surface area contributed by atoms with Gasteiger partial charge in [0.05, 0.1) is 6.04 Å². The standard InChI is InChI=1S/C13H24N2O4/c1-19-8-2-3-11(14)13(18)15-7-6-10(9-15)4-5-12(16)17/h10-11H,2-9,14H2,1H3,(H,16,17). The van der Waals surface area contributed by atoms with Crippen LogP contribution >= 0.6 is 0 Å². The third kappa shape index (κ3) is 5.57. The molecule has 6 nitrogen and oxygen atoms in total. The molecule has 3 N–H and O–H groups in total. The Morgan fingerprint density at radius 2 is 2.26 bits per heavy atom. The van der Waals surface area contributed by atoms with Gasteiger partial charge in [0.15, 0.2) is 0 Å². The number of nitrogens with two attached hydrogens (primary N) is 1. The van der Waals surface area contributed by atoms with Crippen LogP contribution in [0.5, 0.6) is 0 Å². The van der Waals surface area contributed by atoms with Gasteiger partial charge in [-0.2, -0.15) is 0 Å². The van der Waals surface area contributed by atoms with E-state index in [1.165, 1.54) is 0 Å². The van der Waals surface area contributed by atoms with Crippen molar-refractivity contribution in [1.29, 1.82) is 0 Å². The summed E-state index contributed by atoms with van der Waals surface area (Å²) < 4.78 is 4.93. The molecule has 1 fully saturated rings. The quantitative estimate of drug-likeness (QED) is 0.626. The summed E-state index contributed by atoms with van der Waals surface area (Å²) in [6.07, 6.45) is 3.09. The Bertz CT molecular complexity index is 309. The highest BCUT2D eigenvalue weighted by atomic mass is 16.5. The molecule has 1 amide bonds. The summed E-state index contributed by atoms with van der Waals surface area (Å²) in [6.45, 7) is 1.95. The van der Waals surface area contributed by atoms with E-state index in [0.717, 1.165) is 12.8 Å². The number of hydrogen-bond donors (Lipinski definition) is 2. The minimum atomic E-state index is -0.777. The molecule has 1 saturated heterocycles. The molecule has 1 aliphatic heterocycles. The Morgan fingerprint density at radius 1 is 1.53 bits per heavy atom. The van der Waals surface area contributed by atoms with Crippen molar-refractivity contribution in [1.82, 2.24) is 4.90 Å². The number of carboxylic acid groups (broad SMARTS) is 1. The Kier molecular flexibility index (Phi) is 6.80. The zero-order valence-corrected chi connectivity index (χ0v) is 11.5. The van der Waals surface area contributed by atoms with E-state index in [0.29, 0.717) is 38.5 Å². The van der Waals surface area contributed by atoms with Crippen molar-refractivity contribution in [2.24, 2.45) is 11.7 Å². The van der Waals surface area contributed by atoms with Crippen LogP contribution in [0, 0.1) is 5.92 Å². The van der Waals surface area contributed by atoms with Crippen LogP contribution in [0.3, 0.4) is 0 Å². The molecule has 6 heteroatoms. The normalized spacial score (nSPS) is 20.5. The van der Waals surface area contributed by atoms with Gasteiger partial charge >= 0.3 is 5.97 Å². The second kappa shape index (κ2) is 8.12. The van der Waals surface area contributed by atoms with Crippen molar-refractivity contribution in [3.05, 3.63) is 0 Å². The topological polar surface area (TPSA) is 92.9 Å². The van der Waals surface area contributed by atoms with Gasteiger partial charge in [0.2, 0.25) is 5.91 Å². The Morgan fingerprint density at radius 3 is 2.89 bits per heavy atom. The number of aliphatic carboxylic acids is 1. The molecule has 1 heterocycles. The molecule has 1 aliphatic rings. The Balaban J connectivity index is 2.28. The summed E-state index contributed by atoms with van der Waals surface area (Å²) in [4.78, 5) is 24.3. The predicted octanol–water partition coefficient (Wildman–Crippen LogP) is 0.454. The lowest BCUT2D eigenvalue weighted by Crippen LogP contribution is -2.42. The van der Waals surface area contributed by atoms with E-state index in [2.05, 4.69) is 0 Å². The number of ether oxygens (including phenoxy) is 1. The number of carboxylic acids is 1. The van der Waals surface area contributed by atoms with Gasteiger partial charge in [0, 0.05) is 33.2 Å². The van der Waals surface area contributed by atoms with E-state index in [1.807, 2.05) is 0 Å². The summed E-state index contributed by atoms with van der Waals surface area (Å²) in [5.41, 5.74) is 5.86. The maximum absolute atomic E-state index is 12.1. The molecule has 0 spiro atoms. The van der Waals surface area contributed by atoms with Crippen LogP contribution in [0.2, 0.25) is 0 Å². The molecule has 1 rings (SSSR count). The highest BCUT2D eigenvalue weighted by Gasteiger charge is 2.29. The van der Waals surface area contributed by atoms with Crippen molar-refractivity contribution in [3.63, 3.8) is 0 Å². The van der Waals surface area contributed by atoms with E-state index >= 15 is 0 Å². The molecule has 19 heavy (non-hydrogen) atoms. The molecular weight excluding hydrogens is 248 g/mol. The number of rotatable bonds is 8. The monoisotopic (exact) mass is 272 g/mol. The highest BCUT2D eigenvalue weighted by Crippen LogP contribution is 2.21. The highest BCUT2D eigenvalue weighted by molar-refractivity contribution is 5.81. The van der Waals surface area contributed by atoms with Gasteiger partial charge in [0.25, 0.3) is 0 Å². The zero-order valence-electron chi connectivity index (χ0n) is 11.5. The van der Waals surface area contributed by atoms with Crippen LogP contribution in [-0.4, -0.2) is 54.7 Å². The number of hydrogen-bond acceptors (Lipinski definition) is 4. The number of carbonyl (C=O) groups is 2. The molecule has 0 bridgehead atoms. The van der Waals surface area contributed by atoms with Gasteiger partial charge in [-0.1, -0.05) is 0 Å². The number of carbonyl (C=O) groups excluding carboxylic acids is 1. The van der Waals surface area contributed by atoms with E-state index < -0.39 is 12.0 Å². The van der Waals surface area contributed by atoms with Crippen LogP contribution in [0.25, 0.3) is 0 Å². The molecule has 2 atom stereocenters. The molecule has 0 aromatic rings.